The van der Waals surface area contributed by atoms with Crippen molar-refractivity contribution in [2.45, 2.75) is 58.3 Å². The van der Waals surface area contributed by atoms with Crippen LogP contribution in [0.25, 0.3) is 0 Å². The highest BCUT2D eigenvalue weighted by molar-refractivity contribution is 7.87. The number of amides is 1. The molecule has 0 aliphatic carbocycles. The lowest BCUT2D eigenvalue weighted by atomic mass is 10.1. The first kappa shape index (κ1) is 30.1. The molecule has 0 bridgehead atoms. The molecule has 2 aromatic carbocycles. The molecule has 0 radical (unpaired) electrons. The van der Waals surface area contributed by atoms with Gasteiger partial charge in [-0.25, -0.2) is 0 Å². The Balaban J connectivity index is 2.04. The summed E-state index contributed by atoms with van der Waals surface area (Å²) in [5.41, 5.74) is -0.0533. The Morgan fingerprint density at radius 3 is 2.31 bits per heavy atom. The van der Waals surface area contributed by atoms with Gasteiger partial charge in [-0.2, -0.15) is 21.6 Å². The van der Waals surface area contributed by atoms with Gasteiger partial charge >= 0.3 is 16.3 Å². The minimum atomic E-state index is -4.72. The van der Waals surface area contributed by atoms with E-state index in [0.29, 0.717) is 36.2 Å². The van der Waals surface area contributed by atoms with Crippen LogP contribution in [0.1, 0.15) is 51.0 Å². The molecule has 0 saturated carbocycles. The molecule has 0 spiro atoms. The van der Waals surface area contributed by atoms with Crippen LogP contribution in [0.5, 0.6) is 5.75 Å². The summed E-state index contributed by atoms with van der Waals surface area (Å²) in [6.07, 6.45) is -2.96. The highest BCUT2D eigenvalue weighted by Gasteiger charge is 2.32. The second-order valence-corrected chi connectivity index (χ2v) is 11.0. The summed E-state index contributed by atoms with van der Waals surface area (Å²) in [5.74, 6) is 0.393. The first-order valence-electron chi connectivity index (χ1n) is 12.6. The van der Waals surface area contributed by atoms with E-state index >= 15 is 0 Å². The summed E-state index contributed by atoms with van der Waals surface area (Å²) in [5, 5.41) is 0. The van der Waals surface area contributed by atoms with Crippen LogP contribution in [0, 0.1) is 5.92 Å². The third-order valence-corrected chi connectivity index (χ3v) is 7.28. The average Bonchev–Trinajstić information content (AvgIpc) is 3.38. The molecule has 1 heterocycles. The van der Waals surface area contributed by atoms with Gasteiger partial charge in [0.1, 0.15) is 16.4 Å². The second kappa shape index (κ2) is 12.6. The lowest BCUT2D eigenvalue weighted by molar-refractivity contribution is -0.137. The fourth-order valence-electron chi connectivity index (χ4n) is 4.04. The third-order valence-electron chi connectivity index (χ3n) is 6.05. The number of carbonyl (C=O) groups is 1. The van der Waals surface area contributed by atoms with Crippen LogP contribution in [0.4, 0.5) is 18.9 Å². The quantitative estimate of drug-likeness (QED) is 0.233. The van der Waals surface area contributed by atoms with Crippen molar-refractivity contribution in [2.24, 2.45) is 5.92 Å². The summed E-state index contributed by atoms with van der Waals surface area (Å²) in [7, 11) is -4.64. The lowest BCUT2D eigenvalue weighted by Crippen LogP contribution is -2.31. The Bertz CT molecular complexity index is 1350. The van der Waals surface area contributed by atoms with Gasteiger partial charge in [-0.05, 0) is 56.2 Å². The zero-order valence-electron chi connectivity index (χ0n) is 22.4. The fourth-order valence-corrected chi connectivity index (χ4v) is 5.04. The van der Waals surface area contributed by atoms with Crippen molar-refractivity contribution in [3.05, 3.63) is 77.7 Å². The number of nitrogens with zero attached hydrogens (tertiary/aromatic N) is 2. The number of halogens is 3. The molecule has 0 atom stereocenters. The predicted molar refractivity (Wildman–Crippen MR) is 142 cm³/mol. The number of rotatable bonds is 12. The van der Waals surface area contributed by atoms with Crippen LogP contribution in [0.15, 0.2) is 70.2 Å². The number of anilines is 1. The number of benzene rings is 2. The van der Waals surface area contributed by atoms with Crippen molar-refractivity contribution in [1.82, 2.24) is 4.90 Å². The number of hydrogen-bond acceptors (Lipinski definition) is 6. The predicted octanol–water partition coefficient (Wildman–Crippen LogP) is 6.49. The van der Waals surface area contributed by atoms with E-state index in [2.05, 4.69) is 0 Å². The first-order chi connectivity index (χ1) is 18.3. The highest BCUT2D eigenvalue weighted by atomic mass is 32.2. The van der Waals surface area contributed by atoms with E-state index in [9.17, 15) is 26.4 Å². The molecule has 39 heavy (non-hydrogen) atoms. The minimum Gasteiger partial charge on any atom is -0.467 e. The first-order valence-corrected chi connectivity index (χ1v) is 14.0. The van der Waals surface area contributed by atoms with Gasteiger partial charge in [0.25, 0.3) is 0 Å². The van der Waals surface area contributed by atoms with Crippen molar-refractivity contribution in [3.8, 4) is 5.75 Å². The summed E-state index contributed by atoms with van der Waals surface area (Å²) < 4.78 is 77.0. The lowest BCUT2D eigenvalue weighted by Gasteiger charge is -2.26. The van der Waals surface area contributed by atoms with Crippen LogP contribution in [0.2, 0.25) is 0 Å². The van der Waals surface area contributed by atoms with Gasteiger partial charge < -0.3 is 18.4 Å². The minimum absolute atomic E-state index is 0.00176. The van der Waals surface area contributed by atoms with E-state index in [1.807, 2.05) is 32.6 Å². The summed E-state index contributed by atoms with van der Waals surface area (Å²) in [6, 6.07) is 11.8. The molecule has 7 nitrogen and oxygen atoms in total. The average molecular weight is 567 g/mol. The number of alkyl halides is 3. The fraction of sp³-hybridized carbons (Fsp3) is 0.393. The van der Waals surface area contributed by atoms with E-state index in [4.69, 9.17) is 8.60 Å². The van der Waals surface area contributed by atoms with E-state index in [1.54, 1.807) is 24.3 Å². The number of hydrogen-bond donors (Lipinski definition) is 0. The van der Waals surface area contributed by atoms with Gasteiger partial charge in [-0.1, -0.05) is 26.0 Å². The SMILES string of the molecule is CCN(CC)c1ccc(CN(Cc2ccco2)C(=O)CC(C)C)c(OS(=O)(=O)c2cccc(C(F)(F)F)c2)c1. The molecule has 3 aromatic rings. The summed E-state index contributed by atoms with van der Waals surface area (Å²) >= 11 is 0. The molecular formula is C28H33F3N2O5S. The van der Waals surface area contributed by atoms with Crippen LogP contribution in [-0.2, 0) is 34.2 Å². The summed E-state index contributed by atoms with van der Waals surface area (Å²) in [6.45, 7) is 9.12. The van der Waals surface area contributed by atoms with Crippen LogP contribution in [-0.4, -0.2) is 32.3 Å². The van der Waals surface area contributed by atoms with Crippen molar-refractivity contribution in [3.63, 3.8) is 0 Å². The zero-order chi connectivity index (χ0) is 28.8. The zero-order valence-corrected chi connectivity index (χ0v) is 23.2. The van der Waals surface area contributed by atoms with E-state index in [1.165, 1.54) is 17.2 Å². The van der Waals surface area contributed by atoms with E-state index in [-0.39, 0.29) is 37.1 Å². The van der Waals surface area contributed by atoms with Crippen molar-refractivity contribution >= 4 is 21.7 Å². The Hall–Kier alpha value is -3.47. The maximum atomic E-state index is 13.2. The van der Waals surface area contributed by atoms with Gasteiger partial charge in [0.15, 0.2) is 0 Å². The van der Waals surface area contributed by atoms with Crippen LogP contribution < -0.4 is 9.08 Å². The van der Waals surface area contributed by atoms with Gasteiger partial charge in [0.2, 0.25) is 5.91 Å². The van der Waals surface area contributed by atoms with E-state index in [0.717, 1.165) is 18.2 Å². The molecule has 11 heteroatoms. The molecule has 0 fully saturated rings. The molecule has 0 N–H and O–H groups in total. The number of furan rings is 1. The second-order valence-electron chi connectivity index (χ2n) is 9.45. The Labute approximate surface area is 227 Å². The van der Waals surface area contributed by atoms with Gasteiger partial charge in [0, 0.05) is 43.4 Å². The summed E-state index contributed by atoms with van der Waals surface area (Å²) in [4.78, 5) is 16.0. The normalized spacial score (nSPS) is 12.0. The molecule has 0 unspecified atom stereocenters. The maximum Gasteiger partial charge on any atom is 0.416 e. The maximum absolute atomic E-state index is 13.2. The standard InChI is InChI=1S/C28H33F3N2O5S/c1-5-32(6-2)23-13-12-21(18-33(27(34)15-20(3)4)19-24-10-8-14-37-24)26(17-23)38-39(35,36)25-11-7-9-22(16-25)28(29,30)31/h7-14,16-17,20H,5-6,15,18-19H2,1-4H3. The molecule has 0 aliphatic rings. The van der Waals surface area contributed by atoms with Crippen LogP contribution >= 0.6 is 0 Å². The smallest absolute Gasteiger partial charge is 0.416 e. The van der Waals surface area contributed by atoms with E-state index < -0.39 is 26.8 Å². The molecule has 0 saturated heterocycles. The van der Waals surface area contributed by atoms with Gasteiger partial charge in [-0.3, -0.25) is 4.79 Å². The largest absolute Gasteiger partial charge is 0.467 e. The van der Waals surface area contributed by atoms with Crippen molar-refractivity contribution in [1.29, 1.82) is 0 Å². The Morgan fingerprint density at radius 2 is 1.72 bits per heavy atom. The molecular weight excluding hydrogens is 533 g/mol. The third kappa shape index (κ3) is 8.01. The number of carbonyl (C=O) groups excluding carboxylic acids is 1. The van der Waals surface area contributed by atoms with Crippen LogP contribution in [0.3, 0.4) is 0 Å². The Kier molecular flexibility index (Phi) is 9.71. The Morgan fingerprint density at radius 1 is 1.00 bits per heavy atom. The van der Waals surface area contributed by atoms with Crippen molar-refractivity contribution in [2.75, 3.05) is 18.0 Å². The van der Waals surface area contributed by atoms with Gasteiger partial charge in [0.05, 0.1) is 18.4 Å². The molecule has 1 amide bonds. The topological polar surface area (TPSA) is 80.1 Å². The molecule has 1 aromatic heterocycles. The monoisotopic (exact) mass is 566 g/mol. The molecule has 3 rings (SSSR count). The molecule has 0 aliphatic heterocycles. The van der Waals surface area contributed by atoms with Crippen molar-refractivity contribution < 1.29 is 35.0 Å². The highest BCUT2D eigenvalue weighted by Crippen LogP contribution is 2.33. The molecule has 212 valence electrons. The van der Waals surface area contributed by atoms with Gasteiger partial charge in [-0.15, -0.1) is 0 Å².